The van der Waals surface area contributed by atoms with E-state index in [1.807, 2.05) is 71.3 Å². The van der Waals surface area contributed by atoms with Gasteiger partial charge < -0.3 is 14.5 Å². The zero-order valence-electron chi connectivity index (χ0n) is 15.1. The number of nitrogens with zero attached hydrogens (tertiary/aromatic N) is 2. The summed E-state index contributed by atoms with van der Waals surface area (Å²) in [6, 6.07) is 17.2. The van der Waals surface area contributed by atoms with Gasteiger partial charge in [-0.05, 0) is 29.8 Å². The number of hydrogen-bond donors (Lipinski definition) is 0. The van der Waals surface area contributed by atoms with Gasteiger partial charge in [0.1, 0.15) is 11.5 Å². The molecule has 0 spiro atoms. The molecule has 0 radical (unpaired) electrons. The number of carbonyl (C=O) groups excluding carboxylic acids is 2. The molecule has 5 heteroatoms. The van der Waals surface area contributed by atoms with Gasteiger partial charge in [0.2, 0.25) is 11.8 Å². The Morgan fingerprint density at radius 2 is 1.35 bits per heavy atom. The SMILES string of the molecule is CCC(=O)N1CCN(C(=O)Cc2ccc(Oc3ccccc3)cc2)CC1. The van der Waals surface area contributed by atoms with Crippen molar-refractivity contribution in [3.8, 4) is 11.5 Å². The minimum atomic E-state index is 0.102. The maximum Gasteiger partial charge on any atom is 0.227 e. The summed E-state index contributed by atoms with van der Waals surface area (Å²) in [4.78, 5) is 27.9. The van der Waals surface area contributed by atoms with Crippen LogP contribution in [0.3, 0.4) is 0 Å². The van der Waals surface area contributed by atoms with Crippen molar-refractivity contribution in [2.75, 3.05) is 26.2 Å². The molecule has 136 valence electrons. The van der Waals surface area contributed by atoms with E-state index in [2.05, 4.69) is 0 Å². The molecule has 1 fully saturated rings. The maximum absolute atomic E-state index is 12.5. The number of carbonyl (C=O) groups is 2. The highest BCUT2D eigenvalue weighted by molar-refractivity contribution is 5.80. The Morgan fingerprint density at radius 3 is 1.92 bits per heavy atom. The van der Waals surface area contributed by atoms with Crippen LogP contribution in [0, 0.1) is 0 Å². The number of ether oxygens (including phenoxy) is 1. The number of benzene rings is 2. The summed E-state index contributed by atoms with van der Waals surface area (Å²) < 4.78 is 5.77. The number of para-hydroxylation sites is 1. The molecule has 0 N–H and O–H groups in total. The lowest BCUT2D eigenvalue weighted by atomic mass is 10.1. The molecule has 0 unspecified atom stereocenters. The van der Waals surface area contributed by atoms with Crippen LogP contribution >= 0.6 is 0 Å². The van der Waals surface area contributed by atoms with Crippen molar-refractivity contribution in [2.24, 2.45) is 0 Å². The fourth-order valence-corrected chi connectivity index (χ4v) is 3.02. The van der Waals surface area contributed by atoms with Crippen LogP contribution in [0.5, 0.6) is 11.5 Å². The Hall–Kier alpha value is -2.82. The van der Waals surface area contributed by atoms with Crippen LogP contribution in [0.4, 0.5) is 0 Å². The third kappa shape index (κ3) is 4.63. The number of rotatable bonds is 5. The minimum Gasteiger partial charge on any atom is -0.457 e. The molecule has 0 bridgehead atoms. The topological polar surface area (TPSA) is 49.9 Å². The van der Waals surface area contributed by atoms with Crippen molar-refractivity contribution in [1.82, 2.24) is 9.80 Å². The van der Waals surface area contributed by atoms with Crippen molar-refractivity contribution in [1.29, 1.82) is 0 Å². The highest BCUT2D eigenvalue weighted by Gasteiger charge is 2.23. The van der Waals surface area contributed by atoms with Crippen molar-refractivity contribution < 1.29 is 14.3 Å². The highest BCUT2D eigenvalue weighted by Crippen LogP contribution is 2.21. The van der Waals surface area contributed by atoms with E-state index in [0.29, 0.717) is 39.0 Å². The quantitative estimate of drug-likeness (QED) is 0.831. The normalized spacial score (nSPS) is 14.2. The lowest BCUT2D eigenvalue weighted by molar-refractivity contribution is -0.139. The Labute approximate surface area is 154 Å². The van der Waals surface area contributed by atoms with Crippen LogP contribution in [0.1, 0.15) is 18.9 Å². The van der Waals surface area contributed by atoms with Gasteiger partial charge in [-0.2, -0.15) is 0 Å². The average molecular weight is 352 g/mol. The fraction of sp³-hybridized carbons (Fsp3) is 0.333. The van der Waals surface area contributed by atoms with Crippen LogP contribution in [0.15, 0.2) is 54.6 Å². The fourth-order valence-electron chi connectivity index (χ4n) is 3.02. The molecule has 1 aliphatic rings. The third-order valence-corrected chi connectivity index (χ3v) is 4.55. The predicted molar refractivity (Wildman–Crippen MR) is 100 cm³/mol. The summed E-state index contributed by atoms with van der Waals surface area (Å²) in [6.45, 7) is 4.34. The second-order valence-electron chi connectivity index (χ2n) is 6.35. The molecule has 26 heavy (non-hydrogen) atoms. The Morgan fingerprint density at radius 1 is 0.808 bits per heavy atom. The van der Waals surface area contributed by atoms with E-state index >= 15 is 0 Å². The van der Waals surface area contributed by atoms with E-state index in [1.165, 1.54) is 0 Å². The molecular formula is C21H24N2O3. The zero-order chi connectivity index (χ0) is 18.4. The van der Waals surface area contributed by atoms with Gasteiger partial charge in [0.25, 0.3) is 0 Å². The third-order valence-electron chi connectivity index (χ3n) is 4.55. The van der Waals surface area contributed by atoms with Crippen molar-refractivity contribution in [2.45, 2.75) is 19.8 Å². The first-order valence-corrected chi connectivity index (χ1v) is 9.03. The average Bonchev–Trinajstić information content (AvgIpc) is 2.70. The van der Waals surface area contributed by atoms with Gasteiger partial charge in [-0.3, -0.25) is 9.59 Å². The molecule has 3 rings (SSSR count). The zero-order valence-corrected chi connectivity index (χ0v) is 15.1. The second-order valence-corrected chi connectivity index (χ2v) is 6.35. The van der Waals surface area contributed by atoms with Crippen molar-refractivity contribution in [3.05, 3.63) is 60.2 Å². The lowest BCUT2D eigenvalue weighted by Crippen LogP contribution is -2.50. The van der Waals surface area contributed by atoms with Gasteiger partial charge in [-0.25, -0.2) is 0 Å². The molecule has 0 saturated carbocycles. The summed E-state index contributed by atoms with van der Waals surface area (Å²) in [5.74, 6) is 1.80. The molecular weight excluding hydrogens is 328 g/mol. The van der Waals surface area contributed by atoms with Gasteiger partial charge in [0.05, 0.1) is 6.42 Å². The Kier molecular flexibility index (Phi) is 5.89. The summed E-state index contributed by atoms with van der Waals surface area (Å²) in [7, 11) is 0. The first-order valence-electron chi connectivity index (χ1n) is 9.03. The summed E-state index contributed by atoms with van der Waals surface area (Å²) >= 11 is 0. The summed E-state index contributed by atoms with van der Waals surface area (Å²) in [5.41, 5.74) is 0.961. The number of amides is 2. The monoisotopic (exact) mass is 352 g/mol. The van der Waals surface area contributed by atoms with Gasteiger partial charge in [-0.15, -0.1) is 0 Å². The predicted octanol–water partition coefficient (Wildman–Crippen LogP) is 3.10. The van der Waals surface area contributed by atoms with Crippen LogP contribution in [0.2, 0.25) is 0 Å². The highest BCUT2D eigenvalue weighted by atomic mass is 16.5. The molecule has 2 aromatic carbocycles. The maximum atomic E-state index is 12.5. The summed E-state index contributed by atoms with van der Waals surface area (Å²) in [6.07, 6.45) is 0.888. The standard InChI is InChI=1S/C21H24N2O3/c1-2-20(24)22-12-14-23(15-13-22)21(25)16-17-8-10-19(11-9-17)26-18-6-4-3-5-7-18/h3-11H,2,12-16H2,1H3. The van der Waals surface area contributed by atoms with E-state index in [4.69, 9.17) is 4.74 Å². The van der Waals surface area contributed by atoms with Gasteiger partial charge >= 0.3 is 0 Å². The molecule has 1 aliphatic heterocycles. The Balaban J connectivity index is 1.51. The molecule has 0 atom stereocenters. The van der Waals surface area contributed by atoms with Crippen LogP contribution < -0.4 is 4.74 Å². The van der Waals surface area contributed by atoms with E-state index < -0.39 is 0 Å². The molecule has 5 nitrogen and oxygen atoms in total. The van der Waals surface area contributed by atoms with Gasteiger partial charge in [0.15, 0.2) is 0 Å². The van der Waals surface area contributed by atoms with Crippen molar-refractivity contribution >= 4 is 11.8 Å². The van der Waals surface area contributed by atoms with Gasteiger partial charge in [-0.1, -0.05) is 37.3 Å². The largest absolute Gasteiger partial charge is 0.457 e. The first kappa shape index (κ1) is 18.0. The smallest absolute Gasteiger partial charge is 0.227 e. The van der Waals surface area contributed by atoms with E-state index in [0.717, 1.165) is 17.1 Å². The van der Waals surface area contributed by atoms with E-state index in [9.17, 15) is 9.59 Å². The second kappa shape index (κ2) is 8.52. The molecule has 2 amide bonds. The Bertz CT molecular complexity index is 736. The van der Waals surface area contributed by atoms with Crippen LogP contribution in [0.25, 0.3) is 0 Å². The van der Waals surface area contributed by atoms with E-state index in [1.54, 1.807) is 0 Å². The lowest BCUT2D eigenvalue weighted by Gasteiger charge is -2.34. The molecule has 1 saturated heterocycles. The van der Waals surface area contributed by atoms with Gasteiger partial charge in [0, 0.05) is 32.6 Å². The first-order chi connectivity index (χ1) is 12.7. The molecule has 2 aromatic rings. The molecule has 1 heterocycles. The van der Waals surface area contributed by atoms with E-state index in [-0.39, 0.29) is 11.8 Å². The molecule has 0 aromatic heterocycles. The minimum absolute atomic E-state index is 0.102. The number of piperazine rings is 1. The van der Waals surface area contributed by atoms with Crippen LogP contribution in [-0.4, -0.2) is 47.8 Å². The van der Waals surface area contributed by atoms with Crippen LogP contribution in [-0.2, 0) is 16.0 Å². The molecule has 0 aliphatic carbocycles. The number of hydrogen-bond acceptors (Lipinski definition) is 3. The summed E-state index contributed by atoms with van der Waals surface area (Å²) in [5, 5.41) is 0. The van der Waals surface area contributed by atoms with Crippen molar-refractivity contribution in [3.63, 3.8) is 0 Å².